The first-order chi connectivity index (χ1) is 20.4. The van der Waals surface area contributed by atoms with Gasteiger partial charge in [0.2, 0.25) is 5.91 Å². The Morgan fingerprint density at radius 2 is 1.88 bits per heavy atom. The standard InChI is InChI=1S/C34H40N6O2/c1-22-17-30-31(8-12-35-33(30)37-22)42-28-7-6-25-9-16-39(23(2)29(25)20-28)32(41)19-24-18-26-5-4-13-40(34(26)36-21-24)27-10-14-38(3)15-11-27/h6-8,12,17-18,20-21,23,27H,4-5,9-11,13-16,19H2,1-3H3,(H,35,37)/t23-/m0/s1. The molecule has 1 N–H and O–H groups in total. The highest BCUT2D eigenvalue weighted by Crippen LogP contribution is 2.36. The van der Waals surface area contributed by atoms with Gasteiger partial charge in [0.25, 0.3) is 0 Å². The van der Waals surface area contributed by atoms with E-state index in [2.05, 4.69) is 58.0 Å². The van der Waals surface area contributed by atoms with Crippen LogP contribution < -0.4 is 9.64 Å². The number of pyridine rings is 2. The second-order valence-corrected chi connectivity index (χ2v) is 12.3. The van der Waals surface area contributed by atoms with E-state index in [1.54, 1.807) is 6.20 Å². The van der Waals surface area contributed by atoms with Crippen molar-refractivity contribution >= 4 is 22.8 Å². The Kier molecular flexibility index (Phi) is 7.10. The lowest BCUT2D eigenvalue weighted by Gasteiger charge is -2.41. The third kappa shape index (κ3) is 5.13. The van der Waals surface area contributed by atoms with Gasteiger partial charge in [-0.2, -0.15) is 0 Å². The molecule has 3 aromatic heterocycles. The molecule has 3 aliphatic heterocycles. The van der Waals surface area contributed by atoms with E-state index in [0.717, 1.165) is 90.6 Å². The highest BCUT2D eigenvalue weighted by atomic mass is 16.5. The number of nitrogens with zero attached hydrogens (tertiary/aromatic N) is 5. The average Bonchev–Trinajstić information content (AvgIpc) is 3.39. The zero-order chi connectivity index (χ0) is 28.8. The molecule has 6 heterocycles. The van der Waals surface area contributed by atoms with Crippen molar-refractivity contribution in [1.29, 1.82) is 0 Å². The molecule has 218 valence electrons. The van der Waals surface area contributed by atoms with E-state index in [0.29, 0.717) is 12.5 Å². The van der Waals surface area contributed by atoms with Crippen molar-refractivity contribution in [1.82, 2.24) is 24.8 Å². The number of piperidine rings is 1. The zero-order valence-corrected chi connectivity index (χ0v) is 24.9. The molecule has 8 nitrogen and oxygen atoms in total. The SMILES string of the molecule is Cc1cc2c(Oc3ccc4c(c3)[C@H](C)N(C(=O)Cc3cnc5c(c3)CCCN5C3CCN(C)CC3)CC4)ccnc2[nH]1. The molecule has 0 aliphatic carbocycles. The van der Waals surface area contributed by atoms with Gasteiger partial charge in [-0.05, 0) is 113 Å². The molecule has 1 atom stereocenters. The molecule has 7 rings (SSSR count). The molecule has 1 amide bonds. The third-order valence-corrected chi connectivity index (χ3v) is 9.43. The second-order valence-electron chi connectivity index (χ2n) is 12.3. The Hall–Kier alpha value is -3.91. The first-order valence-electron chi connectivity index (χ1n) is 15.4. The topological polar surface area (TPSA) is 77.6 Å². The van der Waals surface area contributed by atoms with Crippen LogP contribution in [-0.2, 0) is 24.1 Å². The van der Waals surface area contributed by atoms with Crippen LogP contribution in [0.1, 0.15) is 60.2 Å². The van der Waals surface area contributed by atoms with Crippen LogP contribution in [0.25, 0.3) is 11.0 Å². The number of nitrogens with one attached hydrogen (secondary N) is 1. The largest absolute Gasteiger partial charge is 0.457 e. The normalized spacial score (nSPS) is 19.5. The van der Waals surface area contributed by atoms with Crippen LogP contribution in [-0.4, -0.2) is 69.9 Å². The lowest BCUT2D eigenvalue weighted by molar-refractivity contribution is -0.133. The van der Waals surface area contributed by atoms with E-state index in [-0.39, 0.29) is 11.9 Å². The summed E-state index contributed by atoms with van der Waals surface area (Å²) < 4.78 is 6.34. The van der Waals surface area contributed by atoms with Gasteiger partial charge in [0.05, 0.1) is 17.8 Å². The summed E-state index contributed by atoms with van der Waals surface area (Å²) in [4.78, 5) is 33.3. The summed E-state index contributed by atoms with van der Waals surface area (Å²) in [5.74, 6) is 2.84. The lowest BCUT2D eigenvalue weighted by atomic mass is 9.92. The Balaban J connectivity index is 1.06. The average molecular weight is 565 g/mol. The summed E-state index contributed by atoms with van der Waals surface area (Å²) in [6.45, 7) is 8.25. The number of aryl methyl sites for hydroxylation is 2. The molecule has 1 fully saturated rings. The molecule has 4 aromatic rings. The summed E-state index contributed by atoms with van der Waals surface area (Å²) in [5.41, 5.74) is 6.61. The number of aromatic amines is 1. The number of amides is 1. The Labute approximate surface area is 247 Å². The molecular weight excluding hydrogens is 524 g/mol. The molecule has 1 aromatic carbocycles. The predicted octanol–water partition coefficient (Wildman–Crippen LogP) is 5.59. The maximum Gasteiger partial charge on any atom is 0.227 e. The quantitative estimate of drug-likeness (QED) is 0.340. The summed E-state index contributed by atoms with van der Waals surface area (Å²) in [6, 6.07) is 13.0. The van der Waals surface area contributed by atoms with E-state index in [9.17, 15) is 4.79 Å². The van der Waals surface area contributed by atoms with Crippen LogP contribution in [0.3, 0.4) is 0 Å². The first-order valence-corrected chi connectivity index (χ1v) is 15.4. The van der Waals surface area contributed by atoms with E-state index in [4.69, 9.17) is 9.72 Å². The summed E-state index contributed by atoms with van der Waals surface area (Å²) in [5, 5.41) is 0.964. The number of likely N-dealkylation sites (tertiary alicyclic amines) is 1. The lowest BCUT2D eigenvalue weighted by Crippen LogP contribution is -2.46. The molecule has 3 aliphatic rings. The van der Waals surface area contributed by atoms with Gasteiger partial charge in [0.15, 0.2) is 0 Å². The van der Waals surface area contributed by atoms with Gasteiger partial charge in [-0.1, -0.05) is 12.1 Å². The smallest absolute Gasteiger partial charge is 0.227 e. The van der Waals surface area contributed by atoms with Crippen LogP contribution >= 0.6 is 0 Å². The van der Waals surface area contributed by atoms with Gasteiger partial charge >= 0.3 is 0 Å². The number of fused-ring (bicyclic) bond motifs is 3. The molecular formula is C34H40N6O2. The molecule has 0 unspecified atom stereocenters. The fourth-order valence-electron chi connectivity index (χ4n) is 7.12. The van der Waals surface area contributed by atoms with Crippen LogP contribution in [0.4, 0.5) is 5.82 Å². The first kappa shape index (κ1) is 27.0. The van der Waals surface area contributed by atoms with Crippen LogP contribution in [0.5, 0.6) is 11.5 Å². The van der Waals surface area contributed by atoms with Crippen molar-refractivity contribution in [2.24, 2.45) is 0 Å². The van der Waals surface area contributed by atoms with Crippen molar-refractivity contribution in [2.45, 2.75) is 64.5 Å². The maximum absolute atomic E-state index is 13.7. The number of rotatable bonds is 5. The summed E-state index contributed by atoms with van der Waals surface area (Å²) >= 11 is 0. The van der Waals surface area contributed by atoms with Gasteiger partial charge in [0.1, 0.15) is 23.0 Å². The number of hydrogen-bond acceptors (Lipinski definition) is 6. The van der Waals surface area contributed by atoms with Crippen molar-refractivity contribution < 1.29 is 9.53 Å². The van der Waals surface area contributed by atoms with Gasteiger partial charge < -0.3 is 24.4 Å². The van der Waals surface area contributed by atoms with Gasteiger partial charge in [-0.3, -0.25) is 4.79 Å². The van der Waals surface area contributed by atoms with E-state index in [1.165, 1.54) is 24.0 Å². The molecule has 0 radical (unpaired) electrons. The van der Waals surface area contributed by atoms with Crippen LogP contribution in [0, 0.1) is 6.92 Å². The van der Waals surface area contributed by atoms with Gasteiger partial charge in [-0.25, -0.2) is 9.97 Å². The highest BCUT2D eigenvalue weighted by Gasteiger charge is 2.30. The number of carbonyl (C=O) groups excluding carboxylic acids is 1. The number of ether oxygens (including phenoxy) is 1. The monoisotopic (exact) mass is 564 g/mol. The molecule has 8 heteroatoms. The summed E-state index contributed by atoms with van der Waals surface area (Å²) in [6.07, 6.45) is 9.50. The Morgan fingerprint density at radius 3 is 2.74 bits per heavy atom. The molecule has 0 spiro atoms. The van der Waals surface area contributed by atoms with Crippen LogP contribution in [0.15, 0.2) is 48.8 Å². The van der Waals surface area contributed by atoms with Crippen LogP contribution in [0.2, 0.25) is 0 Å². The minimum absolute atomic E-state index is 0.0257. The van der Waals surface area contributed by atoms with Crippen molar-refractivity contribution in [3.05, 3.63) is 76.7 Å². The molecule has 0 bridgehead atoms. The summed E-state index contributed by atoms with van der Waals surface area (Å²) in [7, 11) is 2.21. The van der Waals surface area contributed by atoms with Crippen molar-refractivity contribution in [3.63, 3.8) is 0 Å². The van der Waals surface area contributed by atoms with Crippen molar-refractivity contribution in [3.8, 4) is 11.5 Å². The molecule has 0 saturated carbocycles. The fraction of sp³-hybridized carbons (Fsp3) is 0.441. The number of anilines is 1. The number of H-pyrrole nitrogens is 1. The fourth-order valence-corrected chi connectivity index (χ4v) is 7.12. The Morgan fingerprint density at radius 1 is 1.02 bits per heavy atom. The predicted molar refractivity (Wildman–Crippen MR) is 165 cm³/mol. The van der Waals surface area contributed by atoms with E-state index >= 15 is 0 Å². The highest BCUT2D eigenvalue weighted by molar-refractivity contribution is 5.83. The second kappa shape index (κ2) is 11.1. The zero-order valence-electron chi connectivity index (χ0n) is 24.9. The molecule has 1 saturated heterocycles. The van der Waals surface area contributed by atoms with E-state index < -0.39 is 0 Å². The number of aromatic nitrogens is 3. The van der Waals surface area contributed by atoms with Gasteiger partial charge in [-0.15, -0.1) is 0 Å². The molecule has 42 heavy (non-hydrogen) atoms. The van der Waals surface area contributed by atoms with E-state index in [1.807, 2.05) is 30.2 Å². The number of hydrogen-bond donors (Lipinski definition) is 1. The number of carbonyl (C=O) groups is 1. The van der Waals surface area contributed by atoms with Gasteiger partial charge in [0, 0.05) is 37.2 Å². The third-order valence-electron chi connectivity index (χ3n) is 9.43. The minimum Gasteiger partial charge on any atom is -0.457 e. The maximum atomic E-state index is 13.7. The Bertz CT molecular complexity index is 1620. The minimum atomic E-state index is -0.0257. The van der Waals surface area contributed by atoms with Crippen molar-refractivity contribution in [2.75, 3.05) is 38.1 Å². The number of benzene rings is 1.